The Bertz CT molecular complexity index is 458. The molecule has 3 N–H and O–H groups in total. The van der Waals surface area contributed by atoms with Gasteiger partial charge >= 0.3 is 6.18 Å². The second-order valence-corrected chi connectivity index (χ2v) is 4.79. The number of hydrogen-bond acceptors (Lipinski definition) is 2. The Morgan fingerprint density at radius 2 is 1.85 bits per heavy atom. The van der Waals surface area contributed by atoms with Crippen LogP contribution in [0.15, 0.2) is 24.3 Å². The fraction of sp³-hybridized carbons (Fsp3) is 0.462. The summed E-state index contributed by atoms with van der Waals surface area (Å²) >= 11 is 0. The number of nitrogens with one attached hydrogen (secondary N) is 1. The van der Waals surface area contributed by atoms with Crippen molar-refractivity contribution in [3.63, 3.8) is 0 Å². The Morgan fingerprint density at radius 3 is 2.30 bits per heavy atom. The molecule has 1 aromatic carbocycles. The largest absolute Gasteiger partial charge is 0.416 e. The zero-order chi connectivity index (χ0) is 14.0. The van der Waals surface area contributed by atoms with Gasteiger partial charge in [-0.15, -0.1) is 12.4 Å². The molecule has 1 unspecified atom stereocenters. The molecule has 3 nitrogen and oxygen atoms in total. The van der Waals surface area contributed by atoms with Crippen LogP contribution in [-0.4, -0.2) is 18.5 Å². The van der Waals surface area contributed by atoms with Crippen molar-refractivity contribution in [1.82, 2.24) is 5.32 Å². The molecule has 1 amide bonds. The fourth-order valence-electron chi connectivity index (χ4n) is 1.81. The molecule has 0 radical (unpaired) electrons. The first-order valence-electron chi connectivity index (χ1n) is 6.09. The Morgan fingerprint density at radius 1 is 1.30 bits per heavy atom. The molecule has 1 saturated carbocycles. The maximum atomic E-state index is 12.4. The summed E-state index contributed by atoms with van der Waals surface area (Å²) in [4.78, 5) is 11.7. The molecule has 0 heterocycles. The van der Waals surface area contributed by atoms with Gasteiger partial charge in [-0.1, -0.05) is 0 Å². The molecule has 0 saturated heterocycles. The molecule has 1 fully saturated rings. The maximum Gasteiger partial charge on any atom is 0.416 e. The predicted octanol–water partition coefficient (Wildman–Crippen LogP) is 2.59. The van der Waals surface area contributed by atoms with Crippen LogP contribution >= 0.6 is 12.4 Å². The Hall–Kier alpha value is -1.27. The molecule has 7 heteroatoms. The van der Waals surface area contributed by atoms with Gasteiger partial charge in [-0.25, -0.2) is 0 Å². The first-order valence-corrected chi connectivity index (χ1v) is 6.09. The lowest BCUT2D eigenvalue weighted by Gasteiger charge is -2.12. The van der Waals surface area contributed by atoms with E-state index in [9.17, 15) is 18.0 Å². The van der Waals surface area contributed by atoms with Gasteiger partial charge in [0.2, 0.25) is 0 Å². The Kier molecular flexibility index (Phi) is 5.42. The summed E-state index contributed by atoms with van der Waals surface area (Å²) in [7, 11) is 0. The molecule has 0 bridgehead atoms. The molecular weight excluding hydrogens is 293 g/mol. The van der Waals surface area contributed by atoms with Gasteiger partial charge in [-0.2, -0.15) is 13.2 Å². The van der Waals surface area contributed by atoms with Crippen LogP contribution in [0.1, 0.15) is 28.8 Å². The SMILES string of the molecule is Cl.NC(CNC(=O)c1ccc(C(F)(F)F)cc1)C1CC1. The summed E-state index contributed by atoms with van der Waals surface area (Å²) in [5.41, 5.74) is 5.26. The number of carbonyl (C=O) groups excluding carboxylic acids is 1. The van der Waals surface area contributed by atoms with E-state index in [-0.39, 0.29) is 24.0 Å². The highest BCUT2D eigenvalue weighted by atomic mass is 35.5. The minimum Gasteiger partial charge on any atom is -0.350 e. The van der Waals surface area contributed by atoms with Crippen molar-refractivity contribution in [1.29, 1.82) is 0 Å². The lowest BCUT2D eigenvalue weighted by Crippen LogP contribution is -2.38. The molecule has 0 aromatic heterocycles. The van der Waals surface area contributed by atoms with Crippen molar-refractivity contribution in [2.24, 2.45) is 11.7 Å². The zero-order valence-electron chi connectivity index (χ0n) is 10.6. The van der Waals surface area contributed by atoms with Crippen molar-refractivity contribution >= 4 is 18.3 Å². The Balaban J connectivity index is 0.00000200. The highest BCUT2D eigenvalue weighted by Crippen LogP contribution is 2.31. The van der Waals surface area contributed by atoms with Crippen LogP contribution < -0.4 is 11.1 Å². The van der Waals surface area contributed by atoms with E-state index in [2.05, 4.69) is 5.32 Å². The van der Waals surface area contributed by atoms with Gasteiger partial charge in [0.1, 0.15) is 0 Å². The summed E-state index contributed by atoms with van der Waals surface area (Å²) in [5, 5.41) is 2.63. The van der Waals surface area contributed by atoms with Gasteiger partial charge < -0.3 is 11.1 Å². The van der Waals surface area contributed by atoms with E-state index < -0.39 is 17.6 Å². The smallest absolute Gasteiger partial charge is 0.350 e. The highest BCUT2D eigenvalue weighted by molar-refractivity contribution is 5.94. The topological polar surface area (TPSA) is 55.1 Å². The number of benzene rings is 1. The standard InChI is InChI=1S/C13H15F3N2O.ClH/c14-13(15,16)10-5-3-9(4-6-10)12(19)18-7-11(17)8-1-2-8;/h3-6,8,11H,1-2,7,17H2,(H,18,19);1H. The minimum atomic E-state index is -4.39. The molecular formula is C13H16ClF3N2O. The first-order chi connectivity index (χ1) is 8.88. The average molecular weight is 309 g/mol. The fourth-order valence-corrected chi connectivity index (χ4v) is 1.81. The second kappa shape index (κ2) is 6.45. The maximum absolute atomic E-state index is 12.4. The molecule has 1 atom stereocenters. The third-order valence-corrected chi connectivity index (χ3v) is 3.20. The normalized spacial score (nSPS) is 16.2. The van der Waals surface area contributed by atoms with E-state index >= 15 is 0 Å². The average Bonchev–Trinajstić information content (AvgIpc) is 3.19. The second-order valence-electron chi connectivity index (χ2n) is 4.79. The van der Waals surface area contributed by atoms with Crippen molar-refractivity contribution in [2.45, 2.75) is 25.1 Å². The zero-order valence-corrected chi connectivity index (χ0v) is 11.4. The Labute approximate surface area is 121 Å². The third-order valence-electron chi connectivity index (χ3n) is 3.20. The van der Waals surface area contributed by atoms with Crippen molar-refractivity contribution in [3.8, 4) is 0 Å². The number of nitrogens with two attached hydrogens (primary N) is 1. The quantitative estimate of drug-likeness (QED) is 0.898. The van der Waals surface area contributed by atoms with Gasteiger partial charge in [-0.3, -0.25) is 4.79 Å². The summed E-state index contributed by atoms with van der Waals surface area (Å²) in [6, 6.07) is 4.06. The van der Waals surface area contributed by atoms with Crippen LogP contribution in [0, 0.1) is 5.92 Å². The minimum absolute atomic E-state index is 0. The van der Waals surface area contributed by atoms with E-state index in [1.165, 1.54) is 12.1 Å². The summed E-state index contributed by atoms with van der Waals surface area (Å²) < 4.78 is 37.1. The van der Waals surface area contributed by atoms with E-state index in [0.717, 1.165) is 25.0 Å². The molecule has 0 aliphatic heterocycles. The molecule has 2 rings (SSSR count). The van der Waals surface area contributed by atoms with Crippen molar-refractivity contribution in [2.75, 3.05) is 6.54 Å². The molecule has 20 heavy (non-hydrogen) atoms. The van der Waals surface area contributed by atoms with Crippen LogP contribution in [0.4, 0.5) is 13.2 Å². The molecule has 1 aliphatic rings. The van der Waals surface area contributed by atoms with E-state index in [4.69, 9.17) is 5.73 Å². The van der Waals surface area contributed by atoms with Crippen molar-refractivity contribution in [3.05, 3.63) is 35.4 Å². The van der Waals surface area contributed by atoms with Gasteiger partial charge in [0, 0.05) is 18.2 Å². The van der Waals surface area contributed by atoms with Crippen molar-refractivity contribution < 1.29 is 18.0 Å². The van der Waals surface area contributed by atoms with Gasteiger partial charge in [-0.05, 0) is 43.0 Å². The van der Waals surface area contributed by atoms with Gasteiger partial charge in [0.25, 0.3) is 5.91 Å². The van der Waals surface area contributed by atoms with Crippen LogP contribution in [0.2, 0.25) is 0 Å². The monoisotopic (exact) mass is 308 g/mol. The molecule has 1 aromatic rings. The van der Waals surface area contributed by atoms with Gasteiger partial charge in [0.05, 0.1) is 5.56 Å². The summed E-state index contributed by atoms with van der Waals surface area (Å²) in [6.07, 6.45) is -2.22. The lowest BCUT2D eigenvalue weighted by molar-refractivity contribution is -0.137. The number of rotatable bonds is 4. The van der Waals surface area contributed by atoms with E-state index in [1.54, 1.807) is 0 Å². The van der Waals surface area contributed by atoms with E-state index in [1.807, 2.05) is 0 Å². The van der Waals surface area contributed by atoms with Crippen LogP contribution in [0.5, 0.6) is 0 Å². The number of amides is 1. The summed E-state index contributed by atoms with van der Waals surface area (Å²) in [6.45, 7) is 0.352. The predicted molar refractivity (Wildman–Crippen MR) is 71.7 cm³/mol. The first kappa shape index (κ1) is 16.8. The van der Waals surface area contributed by atoms with Crippen LogP contribution in [-0.2, 0) is 6.18 Å². The number of alkyl halides is 3. The van der Waals surface area contributed by atoms with Crippen LogP contribution in [0.3, 0.4) is 0 Å². The number of hydrogen-bond donors (Lipinski definition) is 2. The lowest BCUT2D eigenvalue weighted by atomic mass is 10.1. The third kappa shape index (κ3) is 4.38. The van der Waals surface area contributed by atoms with Gasteiger partial charge in [0.15, 0.2) is 0 Å². The number of carbonyl (C=O) groups is 1. The highest BCUT2D eigenvalue weighted by Gasteiger charge is 2.30. The van der Waals surface area contributed by atoms with E-state index in [0.29, 0.717) is 12.5 Å². The molecule has 0 spiro atoms. The number of halogens is 4. The summed E-state index contributed by atoms with van der Waals surface area (Å²) in [5.74, 6) is 0.0673. The molecule has 112 valence electrons. The molecule has 1 aliphatic carbocycles. The van der Waals surface area contributed by atoms with Crippen LogP contribution in [0.25, 0.3) is 0 Å².